The fourth-order valence-electron chi connectivity index (χ4n) is 7.44. The van der Waals surface area contributed by atoms with Crippen LogP contribution in [0, 0.1) is 6.57 Å². The predicted octanol–water partition coefficient (Wildman–Crippen LogP) is 12.7. The van der Waals surface area contributed by atoms with Gasteiger partial charge in [-0.05, 0) is 59.7 Å². The summed E-state index contributed by atoms with van der Waals surface area (Å²) in [5, 5.41) is 4.37. The molecule has 3 aromatic heterocycles. The number of hydrogen-bond donors (Lipinski definition) is 0. The molecular weight excluding hydrogens is 637 g/mol. The van der Waals surface area contributed by atoms with Crippen molar-refractivity contribution >= 4 is 49.4 Å². The van der Waals surface area contributed by atoms with Crippen LogP contribution in [0.2, 0.25) is 0 Å². The summed E-state index contributed by atoms with van der Waals surface area (Å²) in [6.07, 6.45) is 0. The van der Waals surface area contributed by atoms with Gasteiger partial charge >= 0.3 is 0 Å². The highest BCUT2D eigenvalue weighted by Crippen LogP contribution is 2.42. The van der Waals surface area contributed by atoms with Gasteiger partial charge in [0.05, 0.1) is 34.4 Å². The van der Waals surface area contributed by atoms with E-state index >= 15 is 0 Å². The van der Waals surface area contributed by atoms with Gasteiger partial charge in [-0.1, -0.05) is 121 Å². The number of nitrogens with zero attached hydrogens (tertiary/aromatic N) is 4. The Bertz CT molecular complexity index is 2970. The molecule has 0 fully saturated rings. The molecule has 0 aliphatic rings. The Kier molecular flexibility index (Phi) is 6.80. The number of rotatable bonds is 5. The van der Waals surface area contributed by atoms with E-state index in [4.69, 9.17) is 21.0 Å². The van der Waals surface area contributed by atoms with Crippen LogP contribution in [-0.2, 0) is 0 Å². The van der Waals surface area contributed by atoms with E-state index in [0.717, 1.165) is 88.6 Å². The van der Waals surface area contributed by atoms with Gasteiger partial charge in [-0.3, -0.25) is 0 Å². The Labute approximate surface area is 299 Å². The zero-order valence-corrected chi connectivity index (χ0v) is 27.9. The van der Waals surface area contributed by atoms with Crippen LogP contribution < -0.4 is 0 Å². The first-order valence-electron chi connectivity index (χ1n) is 17.2. The van der Waals surface area contributed by atoms with Crippen LogP contribution in [0.5, 0.6) is 0 Å². The SMILES string of the molecule is [C-]#[N+]c1ccccc1-c1cc(-c2cc(-c3ccccc3)nc(-c3ccccc3)n2)cc(-n2c3ccccc3c3c4oc5ccccc5c4ccc32)c1. The molecule has 0 radical (unpaired) electrons. The summed E-state index contributed by atoms with van der Waals surface area (Å²) in [6, 6.07) is 57.8. The molecule has 7 aromatic carbocycles. The van der Waals surface area contributed by atoms with Crippen molar-refractivity contribution in [1.82, 2.24) is 14.5 Å². The molecule has 0 unspecified atom stereocenters. The highest BCUT2D eigenvalue weighted by Gasteiger charge is 2.20. The summed E-state index contributed by atoms with van der Waals surface area (Å²) in [5.74, 6) is 0.648. The Morgan fingerprint density at radius 3 is 1.96 bits per heavy atom. The minimum Gasteiger partial charge on any atom is -0.455 e. The summed E-state index contributed by atoms with van der Waals surface area (Å²) in [6.45, 7) is 8.02. The molecule has 5 nitrogen and oxygen atoms in total. The van der Waals surface area contributed by atoms with Crippen LogP contribution in [0.1, 0.15) is 0 Å². The van der Waals surface area contributed by atoms with Crippen LogP contribution in [-0.4, -0.2) is 14.5 Å². The second-order valence-corrected chi connectivity index (χ2v) is 12.9. The minimum absolute atomic E-state index is 0.592. The van der Waals surface area contributed by atoms with E-state index in [1.54, 1.807) is 0 Å². The molecule has 0 spiro atoms. The predicted molar refractivity (Wildman–Crippen MR) is 212 cm³/mol. The number of fused-ring (bicyclic) bond motifs is 7. The zero-order valence-electron chi connectivity index (χ0n) is 27.9. The third-order valence-electron chi connectivity index (χ3n) is 9.82. The van der Waals surface area contributed by atoms with Crippen molar-refractivity contribution in [2.45, 2.75) is 0 Å². The average molecular weight is 665 g/mol. The van der Waals surface area contributed by atoms with E-state index in [9.17, 15) is 0 Å². The third kappa shape index (κ3) is 4.78. The summed E-state index contributed by atoms with van der Waals surface area (Å²) < 4.78 is 8.89. The zero-order chi connectivity index (χ0) is 34.6. The normalized spacial score (nSPS) is 11.4. The monoisotopic (exact) mass is 664 g/mol. The molecule has 0 amide bonds. The quantitative estimate of drug-likeness (QED) is 0.172. The van der Waals surface area contributed by atoms with E-state index in [-0.39, 0.29) is 0 Å². The largest absolute Gasteiger partial charge is 0.455 e. The first-order chi connectivity index (χ1) is 25.7. The maximum Gasteiger partial charge on any atom is 0.194 e. The van der Waals surface area contributed by atoms with Crippen LogP contribution in [0.25, 0.3) is 99.3 Å². The molecule has 242 valence electrons. The van der Waals surface area contributed by atoms with E-state index in [0.29, 0.717) is 11.5 Å². The van der Waals surface area contributed by atoms with Crippen LogP contribution in [0.4, 0.5) is 5.69 Å². The van der Waals surface area contributed by atoms with Crippen LogP contribution in [0.15, 0.2) is 174 Å². The second-order valence-electron chi connectivity index (χ2n) is 12.9. The topological polar surface area (TPSA) is 48.2 Å². The molecule has 0 bridgehead atoms. The van der Waals surface area contributed by atoms with Crippen molar-refractivity contribution < 1.29 is 4.42 Å². The molecule has 0 atom stereocenters. The summed E-state index contributed by atoms with van der Waals surface area (Å²) >= 11 is 0. The lowest BCUT2D eigenvalue weighted by atomic mass is 9.98. The number of para-hydroxylation sites is 3. The lowest BCUT2D eigenvalue weighted by molar-refractivity contribution is 0.673. The molecule has 52 heavy (non-hydrogen) atoms. The molecule has 5 heteroatoms. The summed E-state index contributed by atoms with van der Waals surface area (Å²) in [5.41, 5.74) is 11.7. The first-order valence-corrected chi connectivity index (χ1v) is 17.2. The van der Waals surface area contributed by atoms with Crippen LogP contribution in [0.3, 0.4) is 0 Å². The Hall–Kier alpha value is -7.29. The molecule has 0 saturated heterocycles. The van der Waals surface area contributed by atoms with Crippen molar-refractivity contribution in [1.29, 1.82) is 0 Å². The molecule has 0 saturated carbocycles. The third-order valence-corrected chi connectivity index (χ3v) is 9.82. The lowest BCUT2D eigenvalue weighted by Crippen LogP contribution is -1.99. The van der Waals surface area contributed by atoms with Crippen molar-refractivity contribution in [3.63, 3.8) is 0 Å². The van der Waals surface area contributed by atoms with Gasteiger partial charge in [0.25, 0.3) is 0 Å². The molecular formula is C47H28N4O. The molecule has 3 heterocycles. The van der Waals surface area contributed by atoms with Gasteiger partial charge in [0.2, 0.25) is 0 Å². The number of aromatic nitrogens is 3. The number of benzene rings is 7. The van der Waals surface area contributed by atoms with Crippen molar-refractivity contribution in [2.24, 2.45) is 0 Å². The second kappa shape index (κ2) is 11.9. The van der Waals surface area contributed by atoms with Crippen molar-refractivity contribution in [2.75, 3.05) is 0 Å². The van der Waals surface area contributed by atoms with Gasteiger partial charge in [0.15, 0.2) is 11.5 Å². The fraction of sp³-hybridized carbons (Fsp3) is 0. The van der Waals surface area contributed by atoms with Gasteiger partial charge in [0, 0.05) is 38.5 Å². The maximum absolute atomic E-state index is 8.02. The lowest BCUT2D eigenvalue weighted by Gasteiger charge is -2.15. The molecule has 10 aromatic rings. The average Bonchev–Trinajstić information content (AvgIpc) is 3.77. The van der Waals surface area contributed by atoms with E-state index in [2.05, 4.69) is 94.3 Å². The highest BCUT2D eigenvalue weighted by atomic mass is 16.3. The minimum atomic E-state index is 0.592. The molecule has 0 N–H and O–H groups in total. The molecule has 0 aliphatic heterocycles. The van der Waals surface area contributed by atoms with Crippen LogP contribution >= 0.6 is 0 Å². The standard InChI is InChI=1S/C47H28N4O/c1-48-39-21-11-8-18-35(39)32-26-33(41-29-40(30-14-4-2-5-15-30)49-47(50-41)31-16-6-3-7-17-31)28-34(27-32)51-42-22-12-9-20-38(42)45-43(51)25-24-37-36-19-10-13-23-44(36)52-46(37)45/h2-29H. The number of hydrogen-bond acceptors (Lipinski definition) is 3. The van der Waals surface area contributed by atoms with E-state index in [1.807, 2.05) is 84.9 Å². The fourth-order valence-corrected chi connectivity index (χ4v) is 7.44. The molecule has 0 aliphatic carbocycles. The van der Waals surface area contributed by atoms with Crippen molar-refractivity contribution in [3.8, 4) is 50.7 Å². The smallest absolute Gasteiger partial charge is 0.194 e. The first kappa shape index (κ1) is 29.6. The highest BCUT2D eigenvalue weighted by molar-refractivity contribution is 6.23. The van der Waals surface area contributed by atoms with Gasteiger partial charge in [-0.2, -0.15) is 0 Å². The van der Waals surface area contributed by atoms with E-state index < -0.39 is 0 Å². The Morgan fingerprint density at radius 2 is 1.15 bits per heavy atom. The summed E-state index contributed by atoms with van der Waals surface area (Å²) in [7, 11) is 0. The van der Waals surface area contributed by atoms with Gasteiger partial charge in [-0.15, -0.1) is 0 Å². The summed E-state index contributed by atoms with van der Waals surface area (Å²) in [4.78, 5) is 14.1. The van der Waals surface area contributed by atoms with Crippen molar-refractivity contribution in [3.05, 3.63) is 181 Å². The van der Waals surface area contributed by atoms with Gasteiger partial charge in [0.1, 0.15) is 11.2 Å². The Morgan fingerprint density at radius 1 is 0.500 bits per heavy atom. The number of furan rings is 1. The van der Waals surface area contributed by atoms with Gasteiger partial charge < -0.3 is 8.98 Å². The van der Waals surface area contributed by atoms with Gasteiger partial charge in [-0.25, -0.2) is 14.8 Å². The van der Waals surface area contributed by atoms with E-state index in [1.165, 1.54) is 0 Å². The molecule has 10 rings (SSSR count). The maximum atomic E-state index is 8.02. The Balaban J connectivity index is 1.29.